The topological polar surface area (TPSA) is 74.5 Å². The molecule has 2 aromatic carbocycles. The molecule has 0 fully saturated rings. The number of aryl methyl sites for hydroxylation is 1. The zero-order valence-electron chi connectivity index (χ0n) is 14.0. The second-order valence-electron chi connectivity index (χ2n) is 5.72. The molecule has 0 saturated carbocycles. The summed E-state index contributed by atoms with van der Waals surface area (Å²) in [7, 11) is 0. The largest absolute Gasteiger partial charge is 0.506 e. The van der Waals surface area contributed by atoms with Crippen molar-refractivity contribution in [1.29, 1.82) is 0 Å². The van der Waals surface area contributed by atoms with Crippen LogP contribution in [0.5, 0.6) is 5.75 Å². The van der Waals surface area contributed by atoms with Crippen LogP contribution < -0.4 is 10.6 Å². The first-order valence-electron chi connectivity index (χ1n) is 7.80. The van der Waals surface area contributed by atoms with Crippen molar-refractivity contribution < 1.29 is 14.3 Å². The summed E-state index contributed by atoms with van der Waals surface area (Å²) in [6.07, 6.45) is 0. The maximum atomic E-state index is 12.3. The molecule has 0 aliphatic carbocycles. The van der Waals surface area contributed by atoms with Crippen LogP contribution in [0.1, 0.15) is 16.1 Å². The number of thiocarbonyl (C=S) groups is 1. The predicted molar refractivity (Wildman–Crippen MR) is 111 cm³/mol. The fraction of sp³-hybridized carbons (Fsp3) is 0.0526. The number of phenols is 1. The van der Waals surface area contributed by atoms with Gasteiger partial charge in [-0.05, 0) is 67.2 Å². The monoisotopic (exact) mass is 420 g/mol. The summed E-state index contributed by atoms with van der Waals surface area (Å²) in [5.74, 6) is -0.0171. The van der Waals surface area contributed by atoms with Crippen molar-refractivity contribution in [3.8, 4) is 17.1 Å². The number of carbonyl (C=O) groups is 1. The average molecular weight is 421 g/mol. The number of hydrogen-bond donors (Lipinski definition) is 3. The molecule has 0 aliphatic rings. The second kappa shape index (κ2) is 8.00. The molecule has 1 aromatic heterocycles. The number of anilines is 1. The minimum absolute atomic E-state index is 0.0230. The highest BCUT2D eigenvalue weighted by atomic mass is 35.5. The van der Waals surface area contributed by atoms with E-state index in [1.807, 2.05) is 6.92 Å². The Bertz CT molecular complexity index is 1030. The zero-order valence-corrected chi connectivity index (χ0v) is 16.4. The standard InChI is InChI=1S/C19H14Cl2N2O3S/c1-10-2-5-15(24)14(8-10)22-19(27)23-18(25)17-7-6-16(26-17)12-4-3-11(20)9-13(12)21/h2-9,24H,1H3,(H2,22,23,25,27). The van der Waals surface area contributed by atoms with Crippen molar-refractivity contribution in [1.82, 2.24) is 5.32 Å². The fourth-order valence-corrected chi connectivity index (χ4v) is 3.07. The van der Waals surface area contributed by atoms with Gasteiger partial charge in [-0.15, -0.1) is 0 Å². The van der Waals surface area contributed by atoms with E-state index >= 15 is 0 Å². The van der Waals surface area contributed by atoms with Gasteiger partial charge in [0.2, 0.25) is 0 Å². The first kappa shape index (κ1) is 19.2. The molecule has 3 aromatic rings. The lowest BCUT2D eigenvalue weighted by Gasteiger charge is -2.10. The van der Waals surface area contributed by atoms with Crippen molar-refractivity contribution in [2.45, 2.75) is 6.92 Å². The number of amides is 1. The molecule has 0 bridgehead atoms. The van der Waals surface area contributed by atoms with Gasteiger partial charge in [-0.25, -0.2) is 0 Å². The molecule has 0 atom stereocenters. The lowest BCUT2D eigenvalue weighted by Crippen LogP contribution is -2.33. The minimum atomic E-state index is -0.532. The van der Waals surface area contributed by atoms with Gasteiger partial charge in [0.05, 0.1) is 10.7 Å². The molecule has 0 saturated heterocycles. The number of aromatic hydroxyl groups is 1. The molecular formula is C19H14Cl2N2O3S. The Kier molecular flexibility index (Phi) is 5.70. The smallest absolute Gasteiger partial charge is 0.293 e. The number of phenolic OH excluding ortho intramolecular Hbond substituents is 1. The number of hydrogen-bond acceptors (Lipinski definition) is 4. The van der Waals surface area contributed by atoms with E-state index in [-0.39, 0.29) is 16.6 Å². The van der Waals surface area contributed by atoms with Gasteiger partial charge in [0, 0.05) is 10.6 Å². The number of halogens is 2. The molecule has 3 rings (SSSR count). The molecule has 138 valence electrons. The number of furan rings is 1. The van der Waals surface area contributed by atoms with Gasteiger partial charge in [-0.3, -0.25) is 10.1 Å². The molecular weight excluding hydrogens is 407 g/mol. The van der Waals surface area contributed by atoms with Crippen LogP contribution in [0.2, 0.25) is 10.0 Å². The summed E-state index contributed by atoms with van der Waals surface area (Å²) in [6.45, 7) is 1.87. The van der Waals surface area contributed by atoms with Gasteiger partial charge in [-0.1, -0.05) is 29.3 Å². The van der Waals surface area contributed by atoms with Gasteiger partial charge in [-0.2, -0.15) is 0 Å². The molecule has 0 unspecified atom stereocenters. The van der Waals surface area contributed by atoms with Crippen molar-refractivity contribution in [2.75, 3.05) is 5.32 Å². The van der Waals surface area contributed by atoms with Crippen molar-refractivity contribution in [2.24, 2.45) is 0 Å². The Labute approximate surface area is 170 Å². The van der Waals surface area contributed by atoms with Crippen LogP contribution in [0.3, 0.4) is 0 Å². The van der Waals surface area contributed by atoms with Crippen molar-refractivity contribution in [3.05, 3.63) is 69.9 Å². The first-order chi connectivity index (χ1) is 12.8. The molecule has 5 nitrogen and oxygen atoms in total. The molecule has 1 amide bonds. The Morgan fingerprint density at radius 1 is 1.11 bits per heavy atom. The van der Waals surface area contributed by atoms with Gasteiger partial charge >= 0.3 is 0 Å². The molecule has 3 N–H and O–H groups in total. The highest BCUT2D eigenvalue weighted by Crippen LogP contribution is 2.31. The van der Waals surface area contributed by atoms with Gasteiger partial charge in [0.15, 0.2) is 10.9 Å². The number of rotatable bonds is 3. The molecule has 0 radical (unpaired) electrons. The lowest BCUT2D eigenvalue weighted by atomic mass is 10.2. The van der Waals surface area contributed by atoms with Gasteiger partial charge < -0.3 is 14.8 Å². The summed E-state index contributed by atoms with van der Waals surface area (Å²) in [5.41, 5.74) is 1.94. The van der Waals surface area contributed by atoms with E-state index in [9.17, 15) is 9.90 Å². The predicted octanol–water partition coefficient (Wildman–Crippen LogP) is 5.39. The third-order valence-electron chi connectivity index (χ3n) is 3.65. The van der Waals surface area contributed by atoms with Crippen LogP contribution in [0, 0.1) is 6.92 Å². The number of carbonyl (C=O) groups excluding carboxylic acids is 1. The fourth-order valence-electron chi connectivity index (χ4n) is 2.36. The van der Waals surface area contributed by atoms with E-state index in [1.54, 1.807) is 36.4 Å². The van der Waals surface area contributed by atoms with Crippen molar-refractivity contribution in [3.63, 3.8) is 0 Å². The van der Waals surface area contributed by atoms with Crippen LogP contribution in [0.4, 0.5) is 5.69 Å². The molecule has 0 spiro atoms. The highest BCUT2D eigenvalue weighted by molar-refractivity contribution is 7.80. The molecule has 1 heterocycles. The summed E-state index contributed by atoms with van der Waals surface area (Å²) in [5, 5.41) is 16.1. The van der Waals surface area contributed by atoms with Crippen LogP contribution in [-0.2, 0) is 0 Å². The average Bonchev–Trinajstić information content (AvgIpc) is 3.08. The van der Waals surface area contributed by atoms with E-state index in [2.05, 4.69) is 10.6 Å². The van der Waals surface area contributed by atoms with Crippen LogP contribution in [0.25, 0.3) is 11.3 Å². The minimum Gasteiger partial charge on any atom is -0.506 e. The second-order valence-corrected chi connectivity index (χ2v) is 6.97. The van der Waals surface area contributed by atoms with E-state index in [0.717, 1.165) is 5.56 Å². The van der Waals surface area contributed by atoms with E-state index in [0.29, 0.717) is 27.1 Å². The summed E-state index contributed by atoms with van der Waals surface area (Å²) in [6, 6.07) is 13.1. The van der Waals surface area contributed by atoms with Crippen LogP contribution in [0.15, 0.2) is 52.9 Å². The third kappa shape index (κ3) is 4.60. The Balaban J connectivity index is 1.70. The van der Waals surface area contributed by atoms with E-state index in [1.165, 1.54) is 12.1 Å². The number of nitrogens with one attached hydrogen (secondary N) is 2. The first-order valence-corrected chi connectivity index (χ1v) is 8.97. The maximum absolute atomic E-state index is 12.3. The van der Waals surface area contributed by atoms with E-state index < -0.39 is 5.91 Å². The van der Waals surface area contributed by atoms with Gasteiger partial charge in [0.1, 0.15) is 11.5 Å². The molecule has 27 heavy (non-hydrogen) atoms. The normalized spacial score (nSPS) is 10.5. The summed E-state index contributed by atoms with van der Waals surface area (Å²) < 4.78 is 5.57. The van der Waals surface area contributed by atoms with Crippen LogP contribution in [-0.4, -0.2) is 16.1 Å². The zero-order chi connectivity index (χ0) is 19.6. The lowest BCUT2D eigenvalue weighted by molar-refractivity contribution is 0.0951. The number of benzene rings is 2. The summed E-state index contributed by atoms with van der Waals surface area (Å²) in [4.78, 5) is 12.3. The Morgan fingerprint density at radius 2 is 1.89 bits per heavy atom. The molecule has 8 heteroatoms. The quantitative estimate of drug-likeness (QED) is 0.390. The van der Waals surface area contributed by atoms with E-state index in [4.69, 9.17) is 39.8 Å². The highest BCUT2D eigenvalue weighted by Gasteiger charge is 2.16. The molecule has 0 aliphatic heterocycles. The van der Waals surface area contributed by atoms with Crippen molar-refractivity contribution >= 4 is 52.1 Å². The Hall–Kier alpha value is -2.54. The Morgan fingerprint density at radius 3 is 2.63 bits per heavy atom. The van der Waals surface area contributed by atoms with Crippen LogP contribution >= 0.6 is 35.4 Å². The van der Waals surface area contributed by atoms with Gasteiger partial charge in [0.25, 0.3) is 5.91 Å². The summed E-state index contributed by atoms with van der Waals surface area (Å²) >= 11 is 17.2. The third-order valence-corrected chi connectivity index (χ3v) is 4.41. The maximum Gasteiger partial charge on any atom is 0.293 e. The SMILES string of the molecule is Cc1ccc(O)c(NC(=S)NC(=O)c2ccc(-c3ccc(Cl)cc3Cl)o2)c1.